The summed E-state index contributed by atoms with van der Waals surface area (Å²) in [5.41, 5.74) is 0.554. The number of hydrogen-bond acceptors (Lipinski definition) is 4. The van der Waals surface area contributed by atoms with Crippen LogP contribution in [0.25, 0.3) is 0 Å². The number of hydrogen-bond donors (Lipinski definition) is 1. The summed E-state index contributed by atoms with van der Waals surface area (Å²) >= 11 is 5.89. The van der Waals surface area contributed by atoms with E-state index >= 15 is 0 Å². The van der Waals surface area contributed by atoms with Crippen LogP contribution in [-0.2, 0) is 9.59 Å². The molecule has 0 aromatic heterocycles. The van der Waals surface area contributed by atoms with E-state index in [1.54, 1.807) is 29.2 Å². The Kier molecular flexibility index (Phi) is 6.84. The van der Waals surface area contributed by atoms with Gasteiger partial charge in [0.2, 0.25) is 5.91 Å². The van der Waals surface area contributed by atoms with E-state index in [2.05, 4.69) is 5.32 Å². The van der Waals surface area contributed by atoms with Crippen molar-refractivity contribution in [1.82, 2.24) is 9.80 Å². The van der Waals surface area contributed by atoms with Gasteiger partial charge >= 0.3 is 0 Å². The predicted molar refractivity (Wildman–Crippen MR) is 105 cm³/mol. The fourth-order valence-corrected chi connectivity index (χ4v) is 3.07. The van der Waals surface area contributed by atoms with Gasteiger partial charge in [-0.25, -0.2) is 4.39 Å². The van der Waals surface area contributed by atoms with Gasteiger partial charge in [-0.05, 0) is 42.5 Å². The molecule has 0 radical (unpaired) electrons. The maximum absolute atomic E-state index is 12.9. The fraction of sp³-hybridized carbons (Fsp3) is 0.300. The topological polar surface area (TPSA) is 61.9 Å². The number of amides is 2. The maximum Gasteiger partial charge on any atom is 0.260 e. The maximum atomic E-state index is 12.9. The number of carbonyl (C=O) groups is 2. The number of piperazine rings is 1. The highest BCUT2D eigenvalue weighted by atomic mass is 35.5. The molecule has 1 saturated heterocycles. The zero-order chi connectivity index (χ0) is 19.9. The van der Waals surface area contributed by atoms with Crippen molar-refractivity contribution in [2.75, 3.05) is 44.6 Å². The van der Waals surface area contributed by atoms with Gasteiger partial charge in [0.25, 0.3) is 5.91 Å². The van der Waals surface area contributed by atoms with Crippen molar-refractivity contribution in [3.63, 3.8) is 0 Å². The average Bonchev–Trinajstić information content (AvgIpc) is 2.68. The van der Waals surface area contributed by atoms with Crippen molar-refractivity contribution in [2.24, 2.45) is 0 Å². The number of anilines is 1. The molecule has 0 saturated carbocycles. The molecule has 2 aromatic rings. The molecule has 1 aliphatic rings. The standard InChI is InChI=1S/C20H21ClFN3O3/c21-15-2-1-3-18(12-15)28-14-20(27)25-10-8-24(9-11-25)13-19(26)23-17-6-4-16(22)5-7-17/h1-7,12H,8-11,13-14H2,(H,23,26). The van der Waals surface area contributed by atoms with E-state index in [0.29, 0.717) is 42.6 Å². The molecular formula is C20H21ClFN3O3. The van der Waals surface area contributed by atoms with Crippen molar-refractivity contribution >= 4 is 29.1 Å². The quantitative estimate of drug-likeness (QED) is 0.802. The molecular weight excluding hydrogens is 385 g/mol. The minimum atomic E-state index is -0.349. The lowest BCUT2D eigenvalue weighted by Crippen LogP contribution is -2.51. The van der Waals surface area contributed by atoms with Crippen LogP contribution in [0.3, 0.4) is 0 Å². The van der Waals surface area contributed by atoms with Crippen LogP contribution in [0.15, 0.2) is 48.5 Å². The second kappa shape index (κ2) is 9.52. The van der Waals surface area contributed by atoms with Gasteiger partial charge in [0.05, 0.1) is 6.54 Å². The molecule has 148 valence electrons. The Morgan fingerprint density at radius 2 is 1.79 bits per heavy atom. The zero-order valence-electron chi connectivity index (χ0n) is 15.2. The van der Waals surface area contributed by atoms with Gasteiger partial charge in [0.1, 0.15) is 11.6 Å². The number of nitrogens with zero attached hydrogens (tertiary/aromatic N) is 2. The number of rotatable bonds is 6. The summed E-state index contributed by atoms with van der Waals surface area (Å²) in [7, 11) is 0. The Labute approximate surface area is 167 Å². The van der Waals surface area contributed by atoms with E-state index in [9.17, 15) is 14.0 Å². The van der Waals surface area contributed by atoms with Crippen molar-refractivity contribution in [3.05, 3.63) is 59.4 Å². The first kappa shape index (κ1) is 20.1. The van der Waals surface area contributed by atoms with E-state index < -0.39 is 0 Å². The molecule has 6 nitrogen and oxygen atoms in total. The second-order valence-electron chi connectivity index (χ2n) is 6.46. The Morgan fingerprint density at radius 1 is 1.07 bits per heavy atom. The summed E-state index contributed by atoms with van der Waals surface area (Å²) < 4.78 is 18.4. The summed E-state index contributed by atoms with van der Waals surface area (Å²) in [6.45, 7) is 2.42. The number of nitrogens with one attached hydrogen (secondary N) is 1. The van der Waals surface area contributed by atoms with E-state index in [-0.39, 0.29) is 30.8 Å². The second-order valence-corrected chi connectivity index (χ2v) is 6.89. The molecule has 2 aromatic carbocycles. The molecule has 0 bridgehead atoms. The predicted octanol–water partition coefficient (Wildman–Crippen LogP) is 2.64. The SMILES string of the molecule is O=C(CN1CCN(C(=O)COc2cccc(Cl)c2)CC1)Nc1ccc(F)cc1. The molecule has 2 amide bonds. The van der Waals surface area contributed by atoms with Crippen LogP contribution >= 0.6 is 11.6 Å². The first-order valence-corrected chi connectivity index (χ1v) is 9.31. The van der Waals surface area contributed by atoms with Crippen LogP contribution < -0.4 is 10.1 Å². The lowest BCUT2D eigenvalue weighted by atomic mass is 10.3. The highest BCUT2D eigenvalue weighted by Crippen LogP contribution is 2.17. The molecule has 3 rings (SSSR count). The third-order valence-corrected chi connectivity index (χ3v) is 4.61. The van der Waals surface area contributed by atoms with Crippen molar-refractivity contribution in [3.8, 4) is 5.75 Å². The third kappa shape index (κ3) is 5.94. The highest BCUT2D eigenvalue weighted by Gasteiger charge is 2.22. The van der Waals surface area contributed by atoms with Gasteiger partial charge < -0.3 is 15.0 Å². The molecule has 28 heavy (non-hydrogen) atoms. The van der Waals surface area contributed by atoms with E-state index in [1.165, 1.54) is 24.3 Å². The lowest BCUT2D eigenvalue weighted by Gasteiger charge is -2.34. The van der Waals surface area contributed by atoms with Crippen LogP contribution in [0.5, 0.6) is 5.75 Å². The molecule has 0 atom stereocenters. The van der Waals surface area contributed by atoms with Gasteiger partial charge in [-0.2, -0.15) is 0 Å². The van der Waals surface area contributed by atoms with Crippen LogP contribution in [0.2, 0.25) is 5.02 Å². The fourth-order valence-electron chi connectivity index (χ4n) is 2.89. The molecule has 0 unspecified atom stereocenters. The number of benzene rings is 2. The smallest absolute Gasteiger partial charge is 0.260 e. The molecule has 1 aliphatic heterocycles. The van der Waals surface area contributed by atoms with Crippen molar-refractivity contribution in [1.29, 1.82) is 0 Å². The largest absolute Gasteiger partial charge is 0.484 e. The van der Waals surface area contributed by atoms with Crippen molar-refractivity contribution in [2.45, 2.75) is 0 Å². The Bertz CT molecular complexity index is 824. The van der Waals surface area contributed by atoms with Gasteiger partial charge in [0, 0.05) is 36.9 Å². The van der Waals surface area contributed by atoms with Crippen LogP contribution in [0, 0.1) is 5.82 Å². The zero-order valence-corrected chi connectivity index (χ0v) is 16.0. The molecule has 1 N–H and O–H groups in total. The summed E-state index contributed by atoms with van der Waals surface area (Å²) in [4.78, 5) is 28.1. The normalized spacial score (nSPS) is 14.6. The minimum Gasteiger partial charge on any atom is -0.484 e. The van der Waals surface area contributed by atoms with Crippen LogP contribution in [0.1, 0.15) is 0 Å². The number of ether oxygens (including phenoxy) is 1. The molecule has 0 spiro atoms. The van der Waals surface area contributed by atoms with Gasteiger partial charge in [0.15, 0.2) is 6.61 Å². The Hall–Kier alpha value is -2.64. The monoisotopic (exact) mass is 405 g/mol. The first-order chi connectivity index (χ1) is 13.5. The average molecular weight is 406 g/mol. The van der Waals surface area contributed by atoms with Crippen LogP contribution in [0.4, 0.5) is 10.1 Å². The summed E-state index contributed by atoms with van der Waals surface area (Å²) in [6, 6.07) is 12.5. The summed E-state index contributed by atoms with van der Waals surface area (Å²) in [6.07, 6.45) is 0. The van der Waals surface area contributed by atoms with Crippen LogP contribution in [-0.4, -0.2) is 60.9 Å². The molecule has 0 aliphatic carbocycles. The number of carbonyl (C=O) groups excluding carboxylic acids is 2. The van der Waals surface area contributed by atoms with Gasteiger partial charge in [-0.1, -0.05) is 17.7 Å². The number of halogens is 2. The van der Waals surface area contributed by atoms with E-state index in [4.69, 9.17) is 16.3 Å². The molecule has 8 heteroatoms. The van der Waals surface area contributed by atoms with E-state index in [1.807, 2.05) is 4.90 Å². The molecule has 1 heterocycles. The lowest BCUT2D eigenvalue weighted by molar-refractivity contribution is -0.135. The minimum absolute atomic E-state index is 0.0502. The molecule has 1 fully saturated rings. The van der Waals surface area contributed by atoms with Gasteiger partial charge in [-0.3, -0.25) is 14.5 Å². The Balaban J connectivity index is 1.39. The van der Waals surface area contributed by atoms with E-state index in [0.717, 1.165) is 0 Å². The highest BCUT2D eigenvalue weighted by molar-refractivity contribution is 6.30. The summed E-state index contributed by atoms with van der Waals surface area (Å²) in [5.74, 6) is -0.0684. The van der Waals surface area contributed by atoms with Crippen molar-refractivity contribution < 1.29 is 18.7 Å². The summed E-state index contributed by atoms with van der Waals surface area (Å²) in [5, 5.41) is 3.29. The first-order valence-electron chi connectivity index (χ1n) is 8.93. The third-order valence-electron chi connectivity index (χ3n) is 4.38. The van der Waals surface area contributed by atoms with Gasteiger partial charge in [-0.15, -0.1) is 0 Å². The Morgan fingerprint density at radius 3 is 2.46 bits per heavy atom.